The van der Waals surface area contributed by atoms with Gasteiger partial charge in [0.1, 0.15) is 6.04 Å². The molecule has 0 fully saturated rings. The van der Waals surface area contributed by atoms with Gasteiger partial charge in [-0.15, -0.1) is 0 Å². The van der Waals surface area contributed by atoms with Crippen LogP contribution in [-0.2, 0) is 28.0 Å². The van der Waals surface area contributed by atoms with Gasteiger partial charge >= 0.3 is 0 Å². The average Bonchev–Trinajstić information content (AvgIpc) is 2.69. The highest BCUT2D eigenvalue weighted by molar-refractivity contribution is 9.10. The van der Waals surface area contributed by atoms with E-state index < -0.39 is 6.04 Å². The van der Waals surface area contributed by atoms with Crippen LogP contribution in [0.4, 0.5) is 0 Å². The summed E-state index contributed by atoms with van der Waals surface area (Å²) in [5.74, 6) is -0.154. The van der Waals surface area contributed by atoms with Gasteiger partial charge in [-0.1, -0.05) is 73.1 Å². The van der Waals surface area contributed by atoms with Crippen LogP contribution in [0.15, 0.2) is 53.0 Å². The van der Waals surface area contributed by atoms with Crippen LogP contribution in [0.3, 0.4) is 0 Å². The predicted octanol–water partition coefficient (Wildman–Crippen LogP) is 5.62. The maximum absolute atomic E-state index is 13.2. The highest BCUT2D eigenvalue weighted by Gasteiger charge is 2.26. The molecule has 0 unspecified atom stereocenters. The van der Waals surface area contributed by atoms with E-state index in [-0.39, 0.29) is 23.3 Å². The molecule has 0 aliphatic carbocycles. The van der Waals surface area contributed by atoms with Crippen molar-refractivity contribution in [1.82, 2.24) is 10.2 Å². The van der Waals surface area contributed by atoms with Crippen molar-refractivity contribution in [3.05, 3.63) is 69.7 Å². The molecule has 2 aromatic rings. The number of carbonyl (C=O) groups is 2. The molecule has 4 nitrogen and oxygen atoms in total. The number of carbonyl (C=O) groups excluding carboxylic acids is 2. The molecule has 0 spiro atoms. The van der Waals surface area contributed by atoms with E-state index in [0.29, 0.717) is 19.4 Å². The number of nitrogens with one attached hydrogen (secondary N) is 1. The number of rotatable bonds is 8. The minimum absolute atomic E-state index is 0.0220. The summed E-state index contributed by atoms with van der Waals surface area (Å²) in [4.78, 5) is 27.5. The fourth-order valence-electron chi connectivity index (χ4n) is 3.39. The second-order valence-corrected chi connectivity index (χ2v) is 10.4. The third kappa shape index (κ3) is 7.80. The van der Waals surface area contributed by atoms with Crippen LogP contribution in [-0.4, -0.2) is 28.8 Å². The van der Waals surface area contributed by atoms with E-state index in [2.05, 4.69) is 66.3 Å². The number of nitrogens with zero attached hydrogens (tertiary/aromatic N) is 1. The Morgan fingerprint density at radius 2 is 1.65 bits per heavy atom. The number of hydrogen-bond acceptors (Lipinski definition) is 2. The molecule has 5 heteroatoms. The van der Waals surface area contributed by atoms with Gasteiger partial charge < -0.3 is 10.2 Å². The second-order valence-electron chi connectivity index (χ2n) is 9.44. The Bertz CT molecular complexity index is 885. The van der Waals surface area contributed by atoms with Gasteiger partial charge in [0.25, 0.3) is 0 Å². The summed E-state index contributed by atoms with van der Waals surface area (Å²) < 4.78 is 0.954. The molecule has 0 aliphatic heterocycles. The Morgan fingerprint density at radius 1 is 1.00 bits per heavy atom. The molecule has 0 bridgehead atoms. The van der Waals surface area contributed by atoms with Gasteiger partial charge in [0.05, 0.1) is 0 Å². The molecule has 2 aromatic carbocycles. The zero-order chi connectivity index (χ0) is 23.2. The minimum Gasteiger partial charge on any atom is -0.352 e. The van der Waals surface area contributed by atoms with E-state index in [0.717, 1.165) is 15.6 Å². The van der Waals surface area contributed by atoms with E-state index in [1.165, 1.54) is 5.56 Å². The van der Waals surface area contributed by atoms with E-state index in [1.54, 1.807) is 11.8 Å². The zero-order valence-electron chi connectivity index (χ0n) is 19.5. The van der Waals surface area contributed by atoms with Crippen LogP contribution < -0.4 is 5.32 Å². The Labute approximate surface area is 195 Å². The summed E-state index contributed by atoms with van der Waals surface area (Å²) in [6.07, 6.45) is 1.01. The first kappa shape index (κ1) is 25.1. The number of benzene rings is 2. The summed E-state index contributed by atoms with van der Waals surface area (Å²) in [6, 6.07) is 15.8. The molecule has 0 saturated carbocycles. The minimum atomic E-state index is -0.544. The maximum Gasteiger partial charge on any atom is 0.242 e. The fraction of sp³-hybridized carbons (Fsp3) is 0.462. The van der Waals surface area contributed by atoms with E-state index in [4.69, 9.17) is 0 Å². The average molecular weight is 487 g/mol. The Kier molecular flexibility index (Phi) is 8.87. The highest BCUT2D eigenvalue weighted by atomic mass is 79.9. The van der Waals surface area contributed by atoms with E-state index in [1.807, 2.05) is 38.1 Å². The smallest absolute Gasteiger partial charge is 0.242 e. The number of aryl methyl sites for hydroxylation is 1. The molecule has 2 amide bonds. The molecule has 168 valence electrons. The molecule has 0 saturated heterocycles. The van der Waals surface area contributed by atoms with Gasteiger partial charge in [0, 0.05) is 23.5 Å². The van der Waals surface area contributed by atoms with Gasteiger partial charge in [-0.25, -0.2) is 0 Å². The van der Waals surface area contributed by atoms with Crippen LogP contribution in [0.2, 0.25) is 0 Å². The number of amides is 2. The molecular formula is C26H35BrN2O2. The molecule has 0 radical (unpaired) electrons. The quantitative estimate of drug-likeness (QED) is 0.526. The summed E-state index contributed by atoms with van der Waals surface area (Å²) in [5, 5.41) is 2.93. The summed E-state index contributed by atoms with van der Waals surface area (Å²) in [6.45, 7) is 12.6. The first-order valence-corrected chi connectivity index (χ1v) is 11.7. The largest absolute Gasteiger partial charge is 0.352 e. The van der Waals surface area contributed by atoms with Crippen molar-refractivity contribution in [2.75, 3.05) is 0 Å². The second kappa shape index (κ2) is 10.9. The Morgan fingerprint density at radius 3 is 2.19 bits per heavy atom. The fourth-order valence-corrected chi connectivity index (χ4v) is 3.83. The molecule has 0 heterocycles. The molecule has 2 rings (SSSR count). The first-order chi connectivity index (χ1) is 14.5. The first-order valence-electron chi connectivity index (χ1n) is 10.9. The van der Waals surface area contributed by atoms with Crippen molar-refractivity contribution in [2.24, 2.45) is 0 Å². The molecule has 1 atom stereocenters. The van der Waals surface area contributed by atoms with Crippen molar-refractivity contribution in [1.29, 1.82) is 0 Å². The SMILES string of the molecule is CC(C)NC(=O)[C@@H](C)N(Cc1cccc(Br)c1)C(=O)CCc1ccc(C(C)(C)C)cc1. The number of hydrogen-bond donors (Lipinski definition) is 1. The van der Waals surface area contributed by atoms with Crippen molar-refractivity contribution in [3.8, 4) is 0 Å². The molecular weight excluding hydrogens is 452 g/mol. The van der Waals surface area contributed by atoms with E-state index >= 15 is 0 Å². The molecule has 0 aromatic heterocycles. The summed E-state index contributed by atoms with van der Waals surface area (Å²) in [7, 11) is 0. The van der Waals surface area contributed by atoms with Crippen molar-refractivity contribution < 1.29 is 9.59 Å². The van der Waals surface area contributed by atoms with Crippen LogP contribution in [0, 0.1) is 0 Å². The van der Waals surface area contributed by atoms with Gasteiger partial charge in [-0.3, -0.25) is 9.59 Å². The lowest BCUT2D eigenvalue weighted by molar-refractivity contribution is -0.140. The lowest BCUT2D eigenvalue weighted by Gasteiger charge is -2.29. The third-order valence-corrected chi connectivity index (χ3v) is 5.78. The number of halogens is 1. The monoisotopic (exact) mass is 486 g/mol. The van der Waals surface area contributed by atoms with Gasteiger partial charge in [0.2, 0.25) is 11.8 Å². The Hall–Kier alpha value is -2.14. The van der Waals surface area contributed by atoms with Crippen LogP contribution in [0.5, 0.6) is 0 Å². The van der Waals surface area contributed by atoms with Gasteiger partial charge in [-0.05, 0) is 61.4 Å². The highest BCUT2D eigenvalue weighted by Crippen LogP contribution is 2.23. The van der Waals surface area contributed by atoms with Crippen LogP contribution in [0.25, 0.3) is 0 Å². The lowest BCUT2D eigenvalue weighted by atomic mass is 9.86. The molecule has 31 heavy (non-hydrogen) atoms. The van der Waals surface area contributed by atoms with Crippen molar-refractivity contribution in [3.63, 3.8) is 0 Å². The normalized spacial score (nSPS) is 12.5. The lowest BCUT2D eigenvalue weighted by Crippen LogP contribution is -2.49. The van der Waals surface area contributed by atoms with E-state index in [9.17, 15) is 9.59 Å². The van der Waals surface area contributed by atoms with Crippen LogP contribution in [0.1, 0.15) is 64.7 Å². The maximum atomic E-state index is 13.2. The molecule has 1 N–H and O–H groups in total. The summed E-state index contributed by atoms with van der Waals surface area (Å²) >= 11 is 3.49. The zero-order valence-corrected chi connectivity index (χ0v) is 21.1. The topological polar surface area (TPSA) is 49.4 Å². The van der Waals surface area contributed by atoms with Crippen LogP contribution >= 0.6 is 15.9 Å². The van der Waals surface area contributed by atoms with Crippen molar-refractivity contribution in [2.45, 2.75) is 78.4 Å². The van der Waals surface area contributed by atoms with Crippen molar-refractivity contribution >= 4 is 27.7 Å². The van der Waals surface area contributed by atoms with Gasteiger partial charge in [0.15, 0.2) is 0 Å². The standard InChI is InChI=1S/C26H35BrN2O2/c1-18(2)28-25(31)19(3)29(17-21-8-7-9-23(27)16-21)24(30)15-12-20-10-13-22(14-11-20)26(4,5)6/h7-11,13-14,16,18-19H,12,15,17H2,1-6H3,(H,28,31)/t19-/m1/s1. The Balaban J connectivity index is 2.14. The third-order valence-electron chi connectivity index (χ3n) is 5.29. The predicted molar refractivity (Wildman–Crippen MR) is 131 cm³/mol. The van der Waals surface area contributed by atoms with Gasteiger partial charge in [-0.2, -0.15) is 0 Å². The molecule has 0 aliphatic rings. The summed E-state index contributed by atoms with van der Waals surface area (Å²) in [5.41, 5.74) is 3.50.